The van der Waals surface area contributed by atoms with Crippen LogP contribution in [-0.2, 0) is 11.2 Å². The topological polar surface area (TPSA) is 9.23 Å². The van der Waals surface area contributed by atoms with Crippen LogP contribution in [0.2, 0.25) is 0 Å². The molecule has 1 aromatic rings. The Bertz CT molecular complexity index is 528. The summed E-state index contributed by atoms with van der Waals surface area (Å²) < 4.78 is 46.4. The number of ether oxygens (including phenoxy) is 1. The lowest BCUT2D eigenvalue weighted by molar-refractivity contribution is -0.0598. The minimum atomic E-state index is -1.13. The first-order valence-corrected chi connectivity index (χ1v) is 10.1. The number of benzene rings is 1. The molecule has 0 bridgehead atoms. The summed E-state index contributed by atoms with van der Waals surface area (Å²) in [7, 11) is 0. The number of hydrogen-bond acceptors (Lipinski definition) is 1. The molecule has 0 amide bonds. The van der Waals surface area contributed by atoms with Crippen LogP contribution in [0.4, 0.5) is 13.2 Å². The minimum absolute atomic E-state index is 0.240. The highest BCUT2D eigenvalue weighted by Gasteiger charge is 2.29. The average Bonchev–Trinajstić information content (AvgIpc) is 2.57. The van der Waals surface area contributed by atoms with Gasteiger partial charge in [-0.15, -0.1) is 0 Å². The predicted octanol–water partition coefficient (Wildman–Crippen LogP) is 7.22. The second-order valence-corrected chi connectivity index (χ2v) is 7.69. The van der Waals surface area contributed by atoms with Crippen molar-refractivity contribution in [2.75, 3.05) is 6.61 Å². The van der Waals surface area contributed by atoms with Gasteiger partial charge in [-0.25, -0.2) is 13.2 Å². The summed E-state index contributed by atoms with van der Waals surface area (Å²) in [5.41, 5.74) is -0.0723. The fourth-order valence-electron chi connectivity index (χ4n) is 3.59. The third-order valence-corrected chi connectivity index (χ3v) is 5.26. The lowest BCUT2D eigenvalue weighted by Gasteiger charge is -2.34. The SMILES string of the molecule is CCCCCCCCC(CCc1cc(F)c(F)cc1F)C(C)(C)OCC. The molecule has 0 aromatic heterocycles. The van der Waals surface area contributed by atoms with E-state index in [1.807, 2.05) is 6.92 Å². The highest BCUT2D eigenvalue weighted by atomic mass is 19.2. The van der Waals surface area contributed by atoms with E-state index in [0.717, 1.165) is 18.9 Å². The predicted molar refractivity (Wildman–Crippen MR) is 102 cm³/mol. The number of unbranched alkanes of at least 4 members (excludes halogenated alkanes) is 5. The highest BCUT2D eigenvalue weighted by molar-refractivity contribution is 5.20. The van der Waals surface area contributed by atoms with E-state index in [-0.39, 0.29) is 17.1 Å². The monoisotopic (exact) mass is 372 g/mol. The molecule has 1 aromatic carbocycles. The number of halogens is 3. The van der Waals surface area contributed by atoms with Crippen molar-refractivity contribution in [1.82, 2.24) is 0 Å². The van der Waals surface area contributed by atoms with Crippen molar-refractivity contribution in [3.63, 3.8) is 0 Å². The zero-order chi connectivity index (χ0) is 19.6. The molecule has 0 saturated carbocycles. The summed E-state index contributed by atoms with van der Waals surface area (Å²) in [4.78, 5) is 0. The van der Waals surface area contributed by atoms with Crippen LogP contribution in [0.5, 0.6) is 0 Å². The summed E-state index contributed by atoms with van der Waals surface area (Å²) in [6.45, 7) is 8.94. The van der Waals surface area contributed by atoms with Gasteiger partial charge in [0.15, 0.2) is 11.6 Å². The van der Waals surface area contributed by atoms with Crippen LogP contribution in [0.25, 0.3) is 0 Å². The second-order valence-electron chi connectivity index (χ2n) is 7.69. The molecule has 0 N–H and O–H groups in total. The molecule has 26 heavy (non-hydrogen) atoms. The van der Waals surface area contributed by atoms with E-state index in [2.05, 4.69) is 20.8 Å². The zero-order valence-corrected chi connectivity index (χ0v) is 16.8. The summed E-state index contributed by atoms with van der Waals surface area (Å²) in [5.74, 6) is -2.54. The molecule has 1 nitrogen and oxygen atoms in total. The molecule has 1 atom stereocenters. The average molecular weight is 373 g/mol. The minimum Gasteiger partial charge on any atom is -0.376 e. The van der Waals surface area contributed by atoms with Gasteiger partial charge in [-0.2, -0.15) is 0 Å². The van der Waals surface area contributed by atoms with E-state index >= 15 is 0 Å². The van der Waals surface area contributed by atoms with Gasteiger partial charge in [-0.1, -0.05) is 45.4 Å². The van der Waals surface area contributed by atoms with Gasteiger partial charge in [-0.05, 0) is 57.6 Å². The van der Waals surface area contributed by atoms with Crippen molar-refractivity contribution >= 4 is 0 Å². The van der Waals surface area contributed by atoms with E-state index in [0.29, 0.717) is 25.5 Å². The van der Waals surface area contributed by atoms with Crippen molar-refractivity contribution in [2.24, 2.45) is 5.92 Å². The molecule has 0 aliphatic heterocycles. The van der Waals surface area contributed by atoms with Crippen molar-refractivity contribution in [3.05, 3.63) is 35.1 Å². The highest BCUT2D eigenvalue weighted by Crippen LogP contribution is 2.31. The molecular formula is C22H35F3O. The van der Waals surface area contributed by atoms with Gasteiger partial charge < -0.3 is 4.74 Å². The molecule has 0 radical (unpaired) electrons. The maximum Gasteiger partial charge on any atom is 0.161 e. The molecule has 0 saturated heterocycles. The summed E-state index contributed by atoms with van der Waals surface area (Å²) in [5, 5.41) is 0. The summed E-state index contributed by atoms with van der Waals surface area (Å²) >= 11 is 0. The molecule has 150 valence electrons. The Morgan fingerprint density at radius 1 is 0.846 bits per heavy atom. The van der Waals surface area contributed by atoms with Crippen LogP contribution in [0.1, 0.15) is 84.6 Å². The Balaban J connectivity index is 2.66. The molecule has 1 unspecified atom stereocenters. The zero-order valence-electron chi connectivity index (χ0n) is 16.8. The van der Waals surface area contributed by atoms with E-state index < -0.39 is 17.5 Å². The van der Waals surface area contributed by atoms with Crippen LogP contribution in [0, 0.1) is 23.4 Å². The van der Waals surface area contributed by atoms with Crippen LogP contribution < -0.4 is 0 Å². The van der Waals surface area contributed by atoms with Crippen molar-refractivity contribution in [2.45, 2.75) is 91.1 Å². The smallest absolute Gasteiger partial charge is 0.161 e. The van der Waals surface area contributed by atoms with Gasteiger partial charge in [0.05, 0.1) is 5.60 Å². The van der Waals surface area contributed by atoms with Crippen molar-refractivity contribution in [1.29, 1.82) is 0 Å². The van der Waals surface area contributed by atoms with Crippen molar-refractivity contribution in [3.8, 4) is 0 Å². The first-order chi connectivity index (χ1) is 12.3. The Labute approximate surface area is 157 Å². The second kappa shape index (κ2) is 11.6. The van der Waals surface area contributed by atoms with E-state index in [1.165, 1.54) is 32.1 Å². The lowest BCUT2D eigenvalue weighted by Crippen LogP contribution is -2.35. The Morgan fingerprint density at radius 3 is 2.12 bits per heavy atom. The Hall–Kier alpha value is -1.03. The van der Waals surface area contributed by atoms with Gasteiger partial charge in [0.2, 0.25) is 0 Å². The first kappa shape index (κ1) is 23.0. The van der Waals surface area contributed by atoms with Crippen LogP contribution in [0.15, 0.2) is 12.1 Å². The molecule has 0 spiro atoms. The van der Waals surface area contributed by atoms with Gasteiger partial charge in [0.1, 0.15) is 5.82 Å². The molecule has 4 heteroatoms. The molecule has 1 rings (SSSR count). The van der Waals surface area contributed by atoms with Crippen molar-refractivity contribution < 1.29 is 17.9 Å². The molecule has 0 aliphatic carbocycles. The lowest BCUT2D eigenvalue weighted by atomic mass is 9.81. The maximum absolute atomic E-state index is 13.9. The Morgan fingerprint density at radius 2 is 1.46 bits per heavy atom. The fourth-order valence-corrected chi connectivity index (χ4v) is 3.59. The van der Waals surface area contributed by atoms with Crippen LogP contribution in [-0.4, -0.2) is 12.2 Å². The molecule has 0 heterocycles. The van der Waals surface area contributed by atoms with Gasteiger partial charge in [-0.3, -0.25) is 0 Å². The number of rotatable bonds is 13. The molecule has 0 aliphatic rings. The number of hydrogen-bond donors (Lipinski definition) is 0. The van der Waals surface area contributed by atoms with Gasteiger partial charge in [0.25, 0.3) is 0 Å². The fraction of sp³-hybridized carbons (Fsp3) is 0.727. The Kier molecular flexibility index (Phi) is 10.3. The number of aryl methyl sites for hydroxylation is 1. The third-order valence-electron chi connectivity index (χ3n) is 5.26. The van der Waals surface area contributed by atoms with E-state index in [1.54, 1.807) is 0 Å². The normalized spacial score (nSPS) is 13.2. The summed E-state index contributed by atoms with van der Waals surface area (Å²) in [6.07, 6.45) is 9.43. The van der Waals surface area contributed by atoms with E-state index in [9.17, 15) is 13.2 Å². The molecular weight excluding hydrogens is 337 g/mol. The van der Waals surface area contributed by atoms with Crippen LogP contribution in [0.3, 0.4) is 0 Å². The van der Waals surface area contributed by atoms with Crippen LogP contribution >= 0.6 is 0 Å². The maximum atomic E-state index is 13.9. The standard InChI is InChI=1S/C22H35F3O/c1-5-7-8-9-10-11-12-18(22(3,4)26-6-2)14-13-17-15-20(24)21(25)16-19(17)23/h15-16,18H,5-14H2,1-4H3. The summed E-state index contributed by atoms with van der Waals surface area (Å²) in [6, 6.07) is 1.63. The quantitative estimate of drug-likeness (QED) is 0.262. The van der Waals surface area contributed by atoms with Gasteiger partial charge >= 0.3 is 0 Å². The van der Waals surface area contributed by atoms with Gasteiger partial charge in [0, 0.05) is 12.7 Å². The third kappa shape index (κ3) is 7.69. The first-order valence-electron chi connectivity index (χ1n) is 10.1. The van der Waals surface area contributed by atoms with E-state index in [4.69, 9.17) is 4.74 Å². The molecule has 0 fully saturated rings. The largest absolute Gasteiger partial charge is 0.376 e.